The smallest absolute Gasteiger partial charge is 0.151 e. The predicted molar refractivity (Wildman–Crippen MR) is 64.5 cm³/mol. The molecule has 0 aliphatic heterocycles. The first-order valence-electron chi connectivity index (χ1n) is 5.19. The lowest BCUT2D eigenvalue weighted by atomic mass is 10.0. The first-order chi connectivity index (χ1) is 7.69. The highest BCUT2D eigenvalue weighted by Gasteiger charge is 2.01. The zero-order chi connectivity index (χ0) is 11.5. The molecule has 0 amide bonds. The van der Waals surface area contributed by atoms with Gasteiger partial charge in [0.1, 0.15) is 0 Å². The number of carbonyl (C=O) groups excluding carboxylic acids is 1. The van der Waals surface area contributed by atoms with Gasteiger partial charge < -0.3 is 0 Å². The van der Waals surface area contributed by atoms with Crippen LogP contribution in [0.4, 0.5) is 0 Å². The molecule has 0 aliphatic rings. The SMILES string of the molecule is Cc1cc(C)cc(-c2ccc(C=O)cn2)c1. The van der Waals surface area contributed by atoms with E-state index in [0.717, 1.165) is 17.5 Å². The maximum Gasteiger partial charge on any atom is 0.151 e. The van der Waals surface area contributed by atoms with E-state index in [1.54, 1.807) is 12.3 Å². The molecule has 0 N–H and O–H groups in total. The van der Waals surface area contributed by atoms with Gasteiger partial charge >= 0.3 is 0 Å². The first kappa shape index (κ1) is 10.6. The van der Waals surface area contributed by atoms with Crippen LogP contribution in [0.1, 0.15) is 21.5 Å². The molecule has 16 heavy (non-hydrogen) atoms. The van der Waals surface area contributed by atoms with Crippen molar-refractivity contribution < 1.29 is 4.79 Å². The monoisotopic (exact) mass is 211 g/mol. The van der Waals surface area contributed by atoms with Crippen LogP contribution >= 0.6 is 0 Å². The summed E-state index contributed by atoms with van der Waals surface area (Å²) in [7, 11) is 0. The minimum absolute atomic E-state index is 0.605. The second-order valence-electron chi connectivity index (χ2n) is 3.97. The highest BCUT2D eigenvalue weighted by atomic mass is 16.1. The van der Waals surface area contributed by atoms with E-state index in [1.807, 2.05) is 6.07 Å². The van der Waals surface area contributed by atoms with Gasteiger partial charge in [0.15, 0.2) is 6.29 Å². The van der Waals surface area contributed by atoms with E-state index in [-0.39, 0.29) is 0 Å². The number of benzene rings is 1. The van der Waals surface area contributed by atoms with Crippen molar-refractivity contribution >= 4 is 6.29 Å². The molecule has 0 spiro atoms. The maximum absolute atomic E-state index is 10.5. The summed E-state index contributed by atoms with van der Waals surface area (Å²) in [6.45, 7) is 4.13. The Balaban J connectivity index is 2.45. The van der Waals surface area contributed by atoms with Crippen molar-refractivity contribution in [3.8, 4) is 11.3 Å². The van der Waals surface area contributed by atoms with E-state index in [0.29, 0.717) is 5.56 Å². The largest absolute Gasteiger partial charge is 0.298 e. The van der Waals surface area contributed by atoms with Crippen molar-refractivity contribution in [2.75, 3.05) is 0 Å². The number of hydrogen-bond donors (Lipinski definition) is 0. The number of nitrogens with zero attached hydrogens (tertiary/aromatic N) is 1. The minimum atomic E-state index is 0.605. The van der Waals surface area contributed by atoms with Crippen molar-refractivity contribution in [2.24, 2.45) is 0 Å². The number of carbonyl (C=O) groups is 1. The Bertz CT molecular complexity index is 495. The van der Waals surface area contributed by atoms with Crippen LogP contribution in [0.5, 0.6) is 0 Å². The normalized spacial score (nSPS) is 10.1. The summed E-state index contributed by atoms with van der Waals surface area (Å²) in [6, 6.07) is 9.97. The van der Waals surface area contributed by atoms with Gasteiger partial charge in [0.25, 0.3) is 0 Å². The van der Waals surface area contributed by atoms with Gasteiger partial charge in [0.05, 0.1) is 5.69 Å². The summed E-state index contributed by atoms with van der Waals surface area (Å²) in [5, 5.41) is 0. The summed E-state index contributed by atoms with van der Waals surface area (Å²) in [5.74, 6) is 0. The van der Waals surface area contributed by atoms with Crippen molar-refractivity contribution in [1.82, 2.24) is 4.98 Å². The van der Waals surface area contributed by atoms with Crippen LogP contribution in [0.15, 0.2) is 36.5 Å². The highest BCUT2D eigenvalue weighted by Crippen LogP contribution is 2.20. The third kappa shape index (κ3) is 2.16. The van der Waals surface area contributed by atoms with Gasteiger partial charge in [0.2, 0.25) is 0 Å². The Hall–Kier alpha value is -1.96. The Morgan fingerprint density at radius 3 is 2.25 bits per heavy atom. The first-order valence-corrected chi connectivity index (χ1v) is 5.19. The Morgan fingerprint density at radius 2 is 1.75 bits per heavy atom. The van der Waals surface area contributed by atoms with Gasteiger partial charge in [0, 0.05) is 17.3 Å². The van der Waals surface area contributed by atoms with Crippen LogP contribution in [0.3, 0.4) is 0 Å². The third-order valence-electron chi connectivity index (χ3n) is 2.44. The van der Waals surface area contributed by atoms with E-state index in [4.69, 9.17) is 0 Å². The second-order valence-corrected chi connectivity index (χ2v) is 3.97. The Labute approximate surface area is 95.0 Å². The number of aldehydes is 1. The number of pyridine rings is 1. The molecular weight excluding hydrogens is 198 g/mol. The molecule has 0 atom stereocenters. The average Bonchev–Trinajstić information content (AvgIpc) is 2.28. The quantitative estimate of drug-likeness (QED) is 0.714. The van der Waals surface area contributed by atoms with Gasteiger partial charge in [-0.15, -0.1) is 0 Å². The van der Waals surface area contributed by atoms with E-state index < -0.39 is 0 Å². The van der Waals surface area contributed by atoms with Crippen LogP contribution in [0.25, 0.3) is 11.3 Å². The molecule has 80 valence electrons. The molecule has 1 aromatic heterocycles. The third-order valence-corrected chi connectivity index (χ3v) is 2.44. The standard InChI is InChI=1S/C14H13NO/c1-10-5-11(2)7-13(6-10)14-4-3-12(9-16)8-15-14/h3-9H,1-2H3. The maximum atomic E-state index is 10.5. The fraction of sp³-hybridized carbons (Fsp3) is 0.143. The molecule has 1 heterocycles. The van der Waals surface area contributed by atoms with Crippen LogP contribution in [0, 0.1) is 13.8 Å². The van der Waals surface area contributed by atoms with Crippen LogP contribution < -0.4 is 0 Å². The lowest BCUT2D eigenvalue weighted by Crippen LogP contribution is -1.88. The molecule has 0 bridgehead atoms. The molecule has 2 aromatic rings. The lowest BCUT2D eigenvalue weighted by molar-refractivity contribution is 0.112. The van der Waals surface area contributed by atoms with E-state index in [1.165, 1.54) is 11.1 Å². The van der Waals surface area contributed by atoms with Crippen molar-refractivity contribution in [1.29, 1.82) is 0 Å². The van der Waals surface area contributed by atoms with Gasteiger partial charge in [-0.05, 0) is 38.1 Å². The summed E-state index contributed by atoms with van der Waals surface area (Å²) in [5.41, 5.74) is 5.04. The zero-order valence-corrected chi connectivity index (χ0v) is 9.40. The fourth-order valence-electron chi connectivity index (χ4n) is 1.77. The lowest BCUT2D eigenvalue weighted by Gasteiger charge is -2.04. The molecule has 2 nitrogen and oxygen atoms in total. The van der Waals surface area contributed by atoms with Gasteiger partial charge in [-0.2, -0.15) is 0 Å². The van der Waals surface area contributed by atoms with Crippen LogP contribution in [-0.4, -0.2) is 11.3 Å². The molecule has 0 radical (unpaired) electrons. The summed E-state index contributed by atoms with van der Waals surface area (Å²) in [6.07, 6.45) is 2.40. The Kier molecular flexibility index (Phi) is 2.82. The molecule has 0 saturated heterocycles. The van der Waals surface area contributed by atoms with E-state index in [9.17, 15) is 4.79 Å². The van der Waals surface area contributed by atoms with Gasteiger partial charge in [-0.3, -0.25) is 9.78 Å². The molecule has 0 fully saturated rings. The molecule has 2 heteroatoms. The summed E-state index contributed by atoms with van der Waals surface area (Å²) >= 11 is 0. The van der Waals surface area contributed by atoms with E-state index >= 15 is 0 Å². The predicted octanol–water partition coefficient (Wildman–Crippen LogP) is 3.18. The Morgan fingerprint density at radius 1 is 1.06 bits per heavy atom. The van der Waals surface area contributed by atoms with Crippen molar-refractivity contribution in [3.05, 3.63) is 53.2 Å². The van der Waals surface area contributed by atoms with Gasteiger partial charge in [-0.25, -0.2) is 0 Å². The zero-order valence-electron chi connectivity index (χ0n) is 9.40. The topological polar surface area (TPSA) is 30.0 Å². The van der Waals surface area contributed by atoms with Gasteiger partial charge in [-0.1, -0.05) is 17.2 Å². The van der Waals surface area contributed by atoms with Crippen LogP contribution in [0.2, 0.25) is 0 Å². The fourth-order valence-corrected chi connectivity index (χ4v) is 1.77. The molecule has 1 aromatic carbocycles. The summed E-state index contributed by atoms with van der Waals surface area (Å²) < 4.78 is 0. The molecule has 0 saturated carbocycles. The van der Waals surface area contributed by atoms with Crippen molar-refractivity contribution in [3.63, 3.8) is 0 Å². The molecular formula is C14H13NO. The molecule has 0 aliphatic carbocycles. The number of aromatic nitrogens is 1. The van der Waals surface area contributed by atoms with Crippen molar-refractivity contribution in [2.45, 2.75) is 13.8 Å². The molecule has 0 unspecified atom stereocenters. The average molecular weight is 211 g/mol. The number of aryl methyl sites for hydroxylation is 2. The minimum Gasteiger partial charge on any atom is -0.298 e. The van der Waals surface area contributed by atoms with E-state index in [2.05, 4.69) is 37.0 Å². The summed E-state index contributed by atoms with van der Waals surface area (Å²) in [4.78, 5) is 14.8. The molecule has 2 rings (SSSR count). The second kappa shape index (κ2) is 4.27. The number of hydrogen-bond acceptors (Lipinski definition) is 2. The number of rotatable bonds is 2. The highest BCUT2D eigenvalue weighted by molar-refractivity contribution is 5.75. The van der Waals surface area contributed by atoms with Crippen LogP contribution in [-0.2, 0) is 0 Å².